The molecule has 0 unspecified atom stereocenters. The molecule has 32 heavy (non-hydrogen) atoms. The van der Waals surface area contributed by atoms with Crippen LogP contribution in [0.15, 0.2) is 73.2 Å². The van der Waals surface area contributed by atoms with Crippen LogP contribution >= 0.6 is 22.6 Å². The number of rotatable bonds is 8. The van der Waals surface area contributed by atoms with Gasteiger partial charge in [-0.1, -0.05) is 24.3 Å². The van der Waals surface area contributed by atoms with Crippen molar-refractivity contribution in [2.45, 2.75) is 13.0 Å². The van der Waals surface area contributed by atoms with E-state index in [0.29, 0.717) is 13.0 Å². The lowest BCUT2D eigenvalue weighted by Crippen LogP contribution is -2.36. The molecule has 0 saturated heterocycles. The Balaban J connectivity index is 1.70. The number of fused-ring (bicyclic) bond motifs is 1. The Morgan fingerprint density at radius 3 is 2.53 bits per heavy atom. The van der Waals surface area contributed by atoms with Crippen molar-refractivity contribution in [1.82, 2.24) is 18.6 Å². The molecule has 8 heteroatoms. The number of halogens is 1. The molecule has 0 fully saturated rings. The Labute approximate surface area is 202 Å². The molecule has 0 aliphatic carbocycles. The van der Waals surface area contributed by atoms with Gasteiger partial charge in [-0.25, -0.2) is 4.72 Å². The van der Waals surface area contributed by atoms with Crippen LogP contribution in [0.1, 0.15) is 11.1 Å². The number of nitrogens with zero attached hydrogens (tertiary/aromatic N) is 3. The van der Waals surface area contributed by atoms with Gasteiger partial charge in [-0.05, 0) is 81.6 Å². The van der Waals surface area contributed by atoms with E-state index in [-0.39, 0.29) is 0 Å². The second kappa shape index (κ2) is 9.70. The lowest BCUT2D eigenvalue weighted by molar-refractivity contribution is 0.506. The normalized spacial score (nSPS) is 12.0. The summed E-state index contributed by atoms with van der Waals surface area (Å²) in [7, 11) is -0.393. The van der Waals surface area contributed by atoms with Gasteiger partial charge >= 0.3 is 0 Å². The highest BCUT2D eigenvalue weighted by Gasteiger charge is 2.14. The molecule has 4 aromatic rings. The number of hydrogen-bond acceptors (Lipinski definition) is 3. The maximum atomic E-state index is 12.1. The lowest BCUT2D eigenvalue weighted by Gasteiger charge is -2.11. The molecular formula is C24H25IN4O2S. The first kappa shape index (κ1) is 22.9. The molecule has 0 amide bonds. The van der Waals surface area contributed by atoms with E-state index in [1.54, 1.807) is 12.4 Å². The topological polar surface area (TPSA) is 67.2 Å². The van der Waals surface area contributed by atoms with Gasteiger partial charge in [0.15, 0.2) is 0 Å². The minimum absolute atomic E-state index is 0.342. The van der Waals surface area contributed by atoms with E-state index in [1.165, 1.54) is 27.5 Å². The summed E-state index contributed by atoms with van der Waals surface area (Å²) in [5.74, 6) is 0. The molecule has 0 spiro atoms. The van der Waals surface area contributed by atoms with Crippen LogP contribution in [0.3, 0.4) is 0 Å². The summed E-state index contributed by atoms with van der Waals surface area (Å²) < 4.78 is 31.4. The molecule has 1 N–H and O–H groups in total. The van der Waals surface area contributed by atoms with Crippen molar-refractivity contribution in [3.63, 3.8) is 0 Å². The summed E-state index contributed by atoms with van der Waals surface area (Å²) in [6, 6.07) is 18.9. The SMILES string of the molecule is CN(C)S(=O)(=O)NCCc1cn(Cc2cccc(I)c2)c2cc(-c3ccncc3)ccc12. The van der Waals surface area contributed by atoms with E-state index in [1.807, 2.05) is 12.1 Å². The molecule has 0 aliphatic heterocycles. The van der Waals surface area contributed by atoms with Crippen molar-refractivity contribution in [2.24, 2.45) is 0 Å². The van der Waals surface area contributed by atoms with Gasteiger partial charge in [0.2, 0.25) is 0 Å². The van der Waals surface area contributed by atoms with Crippen LogP contribution in [0.5, 0.6) is 0 Å². The van der Waals surface area contributed by atoms with Gasteiger partial charge in [0.1, 0.15) is 0 Å². The fourth-order valence-corrected chi connectivity index (χ4v) is 4.92. The van der Waals surface area contributed by atoms with Gasteiger partial charge in [-0.3, -0.25) is 4.98 Å². The fourth-order valence-electron chi connectivity index (χ4n) is 3.70. The lowest BCUT2D eigenvalue weighted by atomic mass is 10.0. The molecule has 6 nitrogen and oxygen atoms in total. The van der Waals surface area contributed by atoms with Gasteiger partial charge in [-0.15, -0.1) is 0 Å². The third kappa shape index (κ3) is 5.20. The number of benzene rings is 2. The quantitative estimate of drug-likeness (QED) is 0.327. The summed E-state index contributed by atoms with van der Waals surface area (Å²) in [6.45, 7) is 1.09. The monoisotopic (exact) mass is 560 g/mol. The molecule has 0 aliphatic rings. The zero-order valence-corrected chi connectivity index (χ0v) is 21.0. The van der Waals surface area contributed by atoms with E-state index in [4.69, 9.17) is 0 Å². The second-order valence-electron chi connectivity index (χ2n) is 7.81. The van der Waals surface area contributed by atoms with Gasteiger partial charge in [0.05, 0.1) is 0 Å². The van der Waals surface area contributed by atoms with Crippen molar-refractivity contribution in [3.05, 3.63) is 87.9 Å². The maximum Gasteiger partial charge on any atom is 0.278 e. The standard InChI is InChI=1S/C24H25IN4O2S/c1-28(2)32(30,31)27-13-10-21-17-29(16-18-4-3-5-22(25)14-18)24-15-20(6-7-23(21)24)19-8-11-26-12-9-19/h3-9,11-12,14-15,17,27H,10,13,16H2,1-2H3. The predicted octanol–water partition coefficient (Wildman–Crippen LogP) is 4.29. The molecule has 2 heterocycles. The molecule has 2 aromatic heterocycles. The first-order valence-electron chi connectivity index (χ1n) is 10.3. The van der Waals surface area contributed by atoms with Crippen LogP contribution in [0.25, 0.3) is 22.0 Å². The Bertz CT molecular complexity index is 1330. The number of pyridine rings is 1. The van der Waals surface area contributed by atoms with Crippen LogP contribution < -0.4 is 4.72 Å². The highest BCUT2D eigenvalue weighted by Crippen LogP contribution is 2.29. The zero-order valence-electron chi connectivity index (χ0n) is 18.0. The van der Waals surface area contributed by atoms with Crippen LogP contribution in [-0.4, -0.2) is 42.9 Å². The smallest absolute Gasteiger partial charge is 0.278 e. The summed E-state index contributed by atoms with van der Waals surface area (Å²) >= 11 is 2.33. The molecule has 166 valence electrons. The Morgan fingerprint density at radius 1 is 1.03 bits per heavy atom. The third-order valence-electron chi connectivity index (χ3n) is 5.38. The minimum atomic E-state index is -3.44. The average Bonchev–Trinajstić information content (AvgIpc) is 3.11. The van der Waals surface area contributed by atoms with E-state index in [2.05, 4.69) is 85.5 Å². The summed E-state index contributed by atoms with van der Waals surface area (Å²) in [5, 5.41) is 1.14. The van der Waals surface area contributed by atoms with Crippen molar-refractivity contribution >= 4 is 43.7 Å². The third-order valence-corrected chi connectivity index (χ3v) is 7.58. The molecule has 0 bridgehead atoms. The summed E-state index contributed by atoms with van der Waals surface area (Å²) in [6.07, 6.45) is 6.35. The summed E-state index contributed by atoms with van der Waals surface area (Å²) in [5.41, 5.74) is 5.71. The second-order valence-corrected chi connectivity index (χ2v) is 11.0. The first-order valence-corrected chi connectivity index (χ1v) is 12.8. The first-order chi connectivity index (χ1) is 15.3. The average molecular weight is 560 g/mol. The molecule has 2 aromatic carbocycles. The van der Waals surface area contributed by atoms with Crippen molar-refractivity contribution in [1.29, 1.82) is 0 Å². The highest BCUT2D eigenvalue weighted by atomic mass is 127. The molecule has 0 atom stereocenters. The van der Waals surface area contributed by atoms with E-state index in [9.17, 15) is 8.42 Å². The van der Waals surface area contributed by atoms with Crippen LogP contribution in [-0.2, 0) is 23.2 Å². The van der Waals surface area contributed by atoms with Gasteiger partial charge in [-0.2, -0.15) is 12.7 Å². The van der Waals surface area contributed by atoms with Crippen molar-refractivity contribution in [3.8, 4) is 11.1 Å². The van der Waals surface area contributed by atoms with Gasteiger partial charge in [0.25, 0.3) is 10.2 Å². The van der Waals surface area contributed by atoms with Crippen LogP contribution in [0.4, 0.5) is 0 Å². The minimum Gasteiger partial charge on any atom is -0.343 e. The number of hydrogen-bond donors (Lipinski definition) is 1. The number of nitrogens with one attached hydrogen (secondary N) is 1. The van der Waals surface area contributed by atoms with Crippen LogP contribution in [0.2, 0.25) is 0 Å². The van der Waals surface area contributed by atoms with Gasteiger partial charge < -0.3 is 4.57 Å². The zero-order chi connectivity index (χ0) is 22.7. The van der Waals surface area contributed by atoms with Crippen molar-refractivity contribution < 1.29 is 8.42 Å². The van der Waals surface area contributed by atoms with E-state index >= 15 is 0 Å². The maximum absolute atomic E-state index is 12.1. The largest absolute Gasteiger partial charge is 0.343 e. The molecule has 0 radical (unpaired) electrons. The molecule has 0 saturated carbocycles. The number of aromatic nitrogens is 2. The highest BCUT2D eigenvalue weighted by molar-refractivity contribution is 14.1. The Morgan fingerprint density at radius 2 is 1.81 bits per heavy atom. The van der Waals surface area contributed by atoms with Crippen LogP contribution in [0, 0.1) is 3.57 Å². The van der Waals surface area contributed by atoms with Crippen molar-refractivity contribution in [2.75, 3.05) is 20.6 Å². The predicted molar refractivity (Wildman–Crippen MR) is 138 cm³/mol. The fraction of sp³-hybridized carbons (Fsp3) is 0.208. The van der Waals surface area contributed by atoms with E-state index in [0.717, 1.165) is 34.1 Å². The Hall–Kier alpha value is -2.27. The van der Waals surface area contributed by atoms with E-state index < -0.39 is 10.2 Å². The van der Waals surface area contributed by atoms with Gasteiger partial charge in [0, 0.05) is 60.2 Å². The molecule has 4 rings (SSSR count). The summed E-state index contributed by atoms with van der Waals surface area (Å²) in [4.78, 5) is 4.12. The molecular weight excluding hydrogens is 535 g/mol. The Kier molecular flexibility index (Phi) is 6.94.